The van der Waals surface area contributed by atoms with Gasteiger partial charge in [0.1, 0.15) is 5.82 Å². The van der Waals surface area contributed by atoms with E-state index in [0.717, 1.165) is 10.2 Å². The highest BCUT2D eigenvalue weighted by atomic mass is 79.9. The summed E-state index contributed by atoms with van der Waals surface area (Å²) >= 11 is 3.29. The predicted octanol–water partition coefficient (Wildman–Crippen LogP) is 3.57. The first-order chi connectivity index (χ1) is 8.56. The molecule has 0 aliphatic rings. The lowest BCUT2D eigenvalue weighted by Crippen LogP contribution is -2.04. The van der Waals surface area contributed by atoms with E-state index in [9.17, 15) is 9.50 Å². The number of nitrogens with zero attached hydrogens (tertiary/aromatic N) is 1. The number of benzene rings is 1. The first-order valence-corrected chi connectivity index (χ1v) is 6.40. The molecule has 1 aromatic heterocycles. The second kappa shape index (κ2) is 5.59. The van der Waals surface area contributed by atoms with Gasteiger partial charge in [-0.15, -0.1) is 0 Å². The average Bonchev–Trinajstić information content (AvgIpc) is 2.34. The van der Waals surface area contributed by atoms with Crippen LogP contribution >= 0.6 is 15.9 Å². The Morgan fingerprint density at radius 3 is 2.78 bits per heavy atom. The quantitative estimate of drug-likeness (QED) is 0.940. The molecule has 0 aliphatic carbocycles. The Hall–Kier alpha value is -1.26. The molecule has 0 bridgehead atoms. The zero-order valence-corrected chi connectivity index (χ0v) is 11.5. The van der Waals surface area contributed by atoms with Crippen molar-refractivity contribution < 1.29 is 9.50 Å². The SMILES string of the molecule is Cc1ccc(C(O)Cc2cc(Br)ccc2F)cn1. The van der Waals surface area contributed by atoms with E-state index in [2.05, 4.69) is 20.9 Å². The maximum atomic E-state index is 13.6. The molecule has 1 N–H and O–H groups in total. The van der Waals surface area contributed by atoms with Gasteiger partial charge in [-0.1, -0.05) is 22.0 Å². The van der Waals surface area contributed by atoms with Gasteiger partial charge in [0.25, 0.3) is 0 Å². The van der Waals surface area contributed by atoms with Gasteiger partial charge in [-0.3, -0.25) is 4.98 Å². The fourth-order valence-electron chi connectivity index (χ4n) is 1.70. The Morgan fingerprint density at radius 1 is 1.33 bits per heavy atom. The van der Waals surface area contributed by atoms with Gasteiger partial charge in [0, 0.05) is 22.8 Å². The molecule has 2 nitrogen and oxygen atoms in total. The molecule has 0 fully saturated rings. The number of rotatable bonds is 3. The molecule has 1 heterocycles. The average molecular weight is 310 g/mol. The summed E-state index contributed by atoms with van der Waals surface area (Å²) in [7, 11) is 0. The van der Waals surface area contributed by atoms with Crippen molar-refractivity contribution in [3.63, 3.8) is 0 Å². The number of aliphatic hydroxyl groups excluding tert-OH is 1. The van der Waals surface area contributed by atoms with E-state index in [-0.39, 0.29) is 12.2 Å². The molecule has 0 amide bonds. The van der Waals surface area contributed by atoms with Crippen LogP contribution < -0.4 is 0 Å². The number of aryl methyl sites for hydroxylation is 1. The zero-order valence-electron chi connectivity index (χ0n) is 9.90. The van der Waals surface area contributed by atoms with Crippen LogP contribution in [0.1, 0.15) is 22.9 Å². The first-order valence-electron chi connectivity index (χ1n) is 5.61. The van der Waals surface area contributed by atoms with Gasteiger partial charge in [-0.2, -0.15) is 0 Å². The van der Waals surface area contributed by atoms with Crippen molar-refractivity contribution in [2.24, 2.45) is 0 Å². The highest BCUT2D eigenvalue weighted by Gasteiger charge is 2.12. The summed E-state index contributed by atoms with van der Waals surface area (Å²) in [6.07, 6.45) is 1.10. The number of hydrogen-bond acceptors (Lipinski definition) is 2. The van der Waals surface area contributed by atoms with Crippen molar-refractivity contribution in [1.29, 1.82) is 0 Å². The lowest BCUT2D eigenvalue weighted by Gasteiger charge is -2.12. The summed E-state index contributed by atoms with van der Waals surface area (Å²) < 4.78 is 14.4. The molecule has 18 heavy (non-hydrogen) atoms. The Labute approximate surface area is 114 Å². The van der Waals surface area contributed by atoms with Crippen molar-refractivity contribution in [2.45, 2.75) is 19.4 Å². The van der Waals surface area contributed by atoms with Crippen LogP contribution in [0.4, 0.5) is 4.39 Å². The second-order valence-corrected chi connectivity index (χ2v) is 5.10. The molecule has 2 aromatic rings. The van der Waals surface area contributed by atoms with Crippen molar-refractivity contribution >= 4 is 15.9 Å². The topological polar surface area (TPSA) is 33.1 Å². The highest BCUT2D eigenvalue weighted by molar-refractivity contribution is 9.10. The molecule has 0 aliphatic heterocycles. The van der Waals surface area contributed by atoms with Gasteiger partial charge in [0.05, 0.1) is 6.10 Å². The maximum absolute atomic E-state index is 13.6. The predicted molar refractivity (Wildman–Crippen MR) is 71.7 cm³/mol. The van der Waals surface area contributed by atoms with Gasteiger partial charge in [-0.05, 0) is 42.3 Å². The fraction of sp³-hybridized carbons (Fsp3) is 0.214. The third-order valence-corrected chi connectivity index (χ3v) is 3.23. The standard InChI is InChI=1S/C14H13BrFNO/c1-9-2-3-10(8-17-9)14(18)7-11-6-12(15)4-5-13(11)16/h2-6,8,14,18H,7H2,1H3. The molecule has 0 saturated carbocycles. The van der Waals surface area contributed by atoms with E-state index in [0.29, 0.717) is 11.1 Å². The van der Waals surface area contributed by atoms with Gasteiger partial charge in [-0.25, -0.2) is 4.39 Å². The number of hydrogen-bond donors (Lipinski definition) is 1. The fourth-order valence-corrected chi connectivity index (χ4v) is 2.11. The van der Waals surface area contributed by atoms with E-state index in [4.69, 9.17) is 0 Å². The monoisotopic (exact) mass is 309 g/mol. The minimum atomic E-state index is -0.748. The highest BCUT2D eigenvalue weighted by Crippen LogP contribution is 2.22. The Balaban J connectivity index is 2.18. The van der Waals surface area contributed by atoms with Crippen molar-refractivity contribution in [3.8, 4) is 0 Å². The van der Waals surface area contributed by atoms with Crippen LogP contribution in [0.3, 0.4) is 0 Å². The largest absolute Gasteiger partial charge is 0.388 e. The Bertz CT molecular complexity index is 542. The third kappa shape index (κ3) is 3.15. The molecule has 1 unspecified atom stereocenters. The van der Waals surface area contributed by atoms with Crippen molar-refractivity contribution in [2.75, 3.05) is 0 Å². The van der Waals surface area contributed by atoms with Crippen molar-refractivity contribution in [3.05, 3.63) is 63.6 Å². The van der Waals surface area contributed by atoms with Crippen LogP contribution in [0.15, 0.2) is 41.0 Å². The normalized spacial score (nSPS) is 12.4. The van der Waals surface area contributed by atoms with Crippen LogP contribution in [-0.2, 0) is 6.42 Å². The first kappa shape index (κ1) is 13.2. The summed E-state index contributed by atoms with van der Waals surface area (Å²) in [4.78, 5) is 4.12. The smallest absolute Gasteiger partial charge is 0.126 e. The minimum Gasteiger partial charge on any atom is -0.388 e. The number of aliphatic hydroxyl groups is 1. The number of aromatic nitrogens is 1. The molecular formula is C14H13BrFNO. The summed E-state index contributed by atoms with van der Waals surface area (Å²) in [6, 6.07) is 8.34. The van der Waals surface area contributed by atoms with E-state index >= 15 is 0 Å². The molecule has 4 heteroatoms. The van der Waals surface area contributed by atoms with Gasteiger partial charge in [0.15, 0.2) is 0 Å². The Morgan fingerprint density at radius 2 is 2.11 bits per heavy atom. The molecular weight excluding hydrogens is 297 g/mol. The zero-order chi connectivity index (χ0) is 13.1. The molecule has 94 valence electrons. The van der Waals surface area contributed by atoms with E-state index in [1.54, 1.807) is 18.3 Å². The summed E-state index contributed by atoms with van der Waals surface area (Å²) in [5.74, 6) is -0.308. The van der Waals surface area contributed by atoms with E-state index < -0.39 is 6.10 Å². The van der Waals surface area contributed by atoms with Crippen LogP contribution in [0, 0.1) is 12.7 Å². The number of pyridine rings is 1. The van der Waals surface area contributed by atoms with Crippen LogP contribution in [0.2, 0.25) is 0 Å². The molecule has 2 rings (SSSR count). The van der Waals surface area contributed by atoms with E-state index in [1.807, 2.05) is 19.1 Å². The molecule has 1 aromatic carbocycles. The van der Waals surface area contributed by atoms with Crippen molar-refractivity contribution in [1.82, 2.24) is 4.98 Å². The van der Waals surface area contributed by atoms with Crippen LogP contribution in [-0.4, -0.2) is 10.1 Å². The van der Waals surface area contributed by atoms with Gasteiger partial charge < -0.3 is 5.11 Å². The summed E-state index contributed by atoms with van der Waals surface area (Å²) in [6.45, 7) is 1.88. The van der Waals surface area contributed by atoms with Gasteiger partial charge in [0.2, 0.25) is 0 Å². The second-order valence-electron chi connectivity index (χ2n) is 4.19. The Kier molecular flexibility index (Phi) is 4.09. The van der Waals surface area contributed by atoms with Crippen LogP contribution in [0.5, 0.6) is 0 Å². The molecule has 0 saturated heterocycles. The third-order valence-electron chi connectivity index (χ3n) is 2.74. The minimum absolute atomic E-state index is 0.232. The van der Waals surface area contributed by atoms with Crippen LogP contribution in [0.25, 0.3) is 0 Å². The maximum Gasteiger partial charge on any atom is 0.126 e. The molecule has 0 spiro atoms. The number of halogens is 2. The lowest BCUT2D eigenvalue weighted by atomic mass is 10.0. The van der Waals surface area contributed by atoms with Gasteiger partial charge >= 0.3 is 0 Å². The van der Waals surface area contributed by atoms with E-state index in [1.165, 1.54) is 6.07 Å². The molecule has 0 radical (unpaired) electrons. The summed E-state index contributed by atoms with van der Waals surface area (Å²) in [5, 5.41) is 10.1. The molecule has 1 atom stereocenters. The summed E-state index contributed by atoms with van der Waals surface area (Å²) in [5.41, 5.74) is 2.07. The lowest BCUT2D eigenvalue weighted by molar-refractivity contribution is 0.176.